The first kappa shape index (κ1) is 9.17. The lowest BCUT2D eigenvalue weighted by molar-refractivity contribution is -0.137. The molecule has 0 aliphatic rings. The molecule has 0 aliphatic heterocycles. The van der Waals surface area contributed by atoms with Crippen LogP contribution in [-0.2, 0) is 4.79 Å². The number of carboxylic acid groups (broad SMARTS) is 1. The highest BCUT2D eigenvalue weighted by Gasteiger charge is 2.13. The molecule has 1 N–H and O–H groups in total. The molecule has 0 bridgehead atoms. The number of hydrogen-bond acceptors (Lipinski definition) is 3. The first-order chi connectivity index (χ1) is 3.92. The number of rotatable bonds is 3. The zero-order valence-electron chi connectivity index (χ0n) is 5.16. The molecule has 4 heteroatoms. The van der Waals surface area contributed by atoms with E-state index in [0.29, 0.717) is 6.42 Å². The fourth-order valence-corrected chi connectivity index (χ4v) is 0.567. The van der Waals surface area contributed by atoms with Gasteiger partial charge in [0.2, 0.25) is 0 Å². The van der Waals surface area contributed by atoms with Crippen molar-refractivity contribution in [2.24, 2.45) is 0 Å². The molecule has 0 rings (SSSR count). The smallest absolute Gasteiger partial charge is 0.303 e. The summed E-state index contributed by atoms with van der Waals surface area (Å²) in [5.41, 5.74) is 0. The molecule has 0 unspecified atom stereocenters. The number of carboxylic acids is 1. The molecule has 0 aliphatic carbocycles. The van der Waals surface area contributed by atoms with Crippen molar-refractivity contribution < 1.29 is 9.90 Å². The number of aliphatic carboxylic acids is 1. The van der Waals surface area contributed by atoms with E-state index < -0.39 is 10.0 Å². The van der Waals surface area contributed by atoms with Gasteiger partial charge >= 0.3 is 5.97 Å². The second-order valence-electron chi connectivity index (χ2n) is 2.11. The first-order valence-electron chi connectivity index (χ1n) is 2.58. The van der Waals surface area contributed by atoms with E-state index in [1.54, 1.807) is 6.92 Å². The molecule has 0 heterocycles. The predicted molar refractivity (Wildman–Crippen MR) is 43.2 cm³/mol. The van der Waals surface area contributed by atoms with Gasteiger partial charge in [0.25, 0.3) is 0 Å². The molecular weight excluding hydrogens is 156 g/mol. The van der Waals surface area contributed by atoms with Crippen LogP contribution in [0.5, 0.6) is 0 Å². The normalized spacial score (nSPS) is 11.4. The molecule has 0 amide bonds. The highest BCUT2D eigenvalue weighted by Crippen LogP contribution is 2.23. The molecular formula is C5H10O2S2. The van der Waals surface area contributed by atoms with Crippen LogP contribution in [0.2, 0.25) is 0 Å². The van der Waals surface area contributed by atoms with Crippen molar-refractivity contribution in [2.45, 2.75) is 23.8 Å². The van der Waals surface area contributed by atoms with E-state index in [9.17, 15) is 4.79 Å². The summed E-state index contributed by atoms with van der Waals surface area (Å²) in [7, 11) is 0. The van der Waals surface area contributed by atoms with E-state index in [1.807, 2.05) is 0 Å². The molecule has 0 saturated heterocycles. The van der Waals surface area contributed by atoms with Crippen molar-refractivity contribution >= 4 is 31.2 Å². The van der Waals surface area contributed by atoms with Gasteiger partial charge in [0.05, 0.1) is 4.08 Å². The minimum atomic E-state index is -0.802. The number of hydrogen-bond donors (Lipinski definition) is 3. The van der Waals surface area contributed by atoms with Crippen LogP contribution >= 0.6 is 25.3 Å². The Hall–Kier alpha value is 0.170. The van der Waals surface area contributed by atoms with Crippen LogP contribution in [0, 0.1) is 0 Å². The third kappa shape index (κ3) is 8.17. The summed E-state index contributed by atoms with van der Waals surface area (Å²) in [6.45, 7) is 1.77. The summed E-state index contributed by atoms with van der Waals surface area (Å²) in [6, 6.07) is 0. The highest BCUT2D eigenvalue weighted by molar-refractivity contribution is 8.00. The van der Waals surface area contributed by atoms with Gasteiger partial charge in [-0.1, -0.05) is 0 Å². The van der Waals surface area contributed by atoms with Crippen LogP contribution in [0.25, 0.3) is 0 Å². The van der Waals surface area contributed by atoms with Crippen LogP contribution in [0.3, 0.4) is 0 Å². The Morgan fingerprint density at radius 2 is 2.11 bits per heavy atom. The van der Waals surface area contributed by atoms with E-state index in [2.05, 4.69) is 25.3 Å². The van der Waals surface area contributed by atoms with Crippen molar-refractivity contribution in [1.82, 2.24) is 0 Å². The van der Waals surface area contributed by atoms with Gasteiger partial charge in [-0.2, -0.15) is 25.3 Å². The summed E-state index contributed by atoms with van der Waals surface area (Å²) in [4.78, 5) is 9.98. The third-order valence-corrected chi connectivity index (χ3v) is 1.26. The van der Waals surface area contributed by atoms with Crippen molar-refractivity contribution in [3.05, 3.63) is 0 Å². The van der Waals surface area contributed by atoms with Gasteiger partial charge in [0.15, 0.2) is 0 Å². The standard InChI is InChI=1S/C5H10O2S2/c1-5(8,9)3-2-4(6)7/h8-9H,2-3H2,1H3,(H,6,7). The second kappa shape index (κ2) is 3.37. The van der Waals surface area contributed by atoms with Gasteiger partial charge in [-0.05, 0) is 13.3 Å². The molecule has 2 nitrogen and oxygen atoms in total. The lowest BCUT2D eigenvalue weighted by Crippen LogP contribution is -2.09. The summed E-state index contributed by atoms with van der Waals surface area (Å²) in [6.07, 6.45) is 0.609. The van der Waals surface area contributed by atoms with Gasteiger partial charge in [-0.25, -0.2) is 0 Å². The SMILES string of the molecule is CC(S)(S)CCC(=O)O. The molecule has 54 valence electrons. The minimum absolute atomic E-state index is 0.128. The molecule has 0 aromatic heterocycles. The van der Waals surface area contributed by atoms with E-state index >= 15 is 0 Å². The Kier molecular flexibility index (Phi) is 3.43. The van der Waals surface area contributed by atoms with Crippen molar-refractivity contribution in [3.8, 4) is 0 Å². The molecule has 0 spiro atoms. The van der Waals surface area contributed by atoms with Crippen molar-refractivity contribution in [1.29, 1.82) is 0 Å². The van der Waals surface area contributed by atoms with E-state index in [0.717, 1.165) is 0 Å². The largest absolute Gasteiger partial charge is 0.481 e. The fourth-order valence-electron chi connectivity index (χ4n) is 0.344. The molecule has 0 radical (unpaired) electrons. The Morgan fingerprint density at radius 1 is 1.67 bits per heavy atom. The van der Waals surface area contributed by atoms with Crippen LogP contribution < -0.4 is 0 Å². The van der Waals surface area contributed by atoms with Crippen LogP contribution in [-0.4, -0.2) is 15.2 Å². The summed E-state index contributed by atoms with van der Waals surface area (Å²) in [5.74, 6) is -0.802. The number of carbonyl (C=O) groups is 1. The average molecular weight is 166 g/mol. The fraction of sp³-hybridized carbons (Fsp3) is 0.800. The van der Waals surface area contributed by atoms with Gasteiger partial charge in [-0.3, -0.25) is 4.79 Å². The maximum Gasteiger partial charge on any atom is 0.303 e. The van der Waals surface area contributed by atoms with Gasteiger partial charge in [-0.15, -0.1) is 0 Å². The van der Waals surface area contributed by atoms with Crippen molar-refractivity contribution in [3.63, 3.8) is 0 Å². The molecule has 0 fully saturated rings. The Bertz CT molecular complexity index is 106. The van der Waals surface area contributed by atoms with Crippen LogP contribution in [0.4, 0.5) is 0 Å². The number of thiol groups is 2. The quantitative estimate of drug-likeness (QED) is 0.438. The van der Waals surface area contributed by atoms with E-state index in [1.165, 1.54) is 0 Å². The average Bonchev–Trinajstić information content (AvgIpc) is 1.59. The minimum Gasteiger partial charge on any atom is -0.481 e. The topological polar surface area (TPSA) is 37.3 Å². The molecule has 9 heavy (non-hydrogen) atoms. The van der Waals surface area contributed by atoms with Gasteiger partial charge < -0.3 is 5.11 Å². The van der Waals surface area contributed by atoms with Gasteiger partial charge in [0, 0.05) is 6.42 Å². The Morgan fingerprint density at radius 3 is 2.22 bits per heavy atom. The van der Waals surface area contributed by atoms with Crippen LogP contribution in [0.1, 0.15) is 19.8 Å². The molecule has 0 aromatic rings. The predicted octanol–water partition coefficient (Wildman–Crippen LogP) is 1.43. The first-order valence-corrected chi connectivity index (χ1v) is 3.48. The van der Waals surface area contributed by atoms with Crippen molar-refractivity contribution in [2.75, 3.05) is 0 Å². The lowest BCUT2D eigenvalue weighted by Gasteiger charge is -2.13. The maximum atomic E-state index is 9.98. The Labute approximate surface area is 65.5 Å². The summed E-state index contributed by atoms with van der Waals surface area (Å²) >= 11 is 8.06. The van der Waals surface area contributed by atoms with E-state index in [4.69, 9.17) is 5.11 Å². The third-order valence-electron chi connectivity index (χ3n) is 0.812. The summed E-state index contributed by atoms with van der Waals surface area (Å²) < 4.78 is -0.460. The highest BCUT2D eigenvalue weighted by atomic mass is 32.2. The maximum absolute atomic E-state index is 9.98. The monoisotopic (exact) mass is 166 g/mol. The zero-order chi connectivity index (χ0) is 7.49. The Balaban J connectivity index is 3.39. The molecule has 0 atom stereocenters. The van der Waals surface area contributed by atoms with Crippen LogP contribution in [0.15, 0.2) is 0 Å². The van der Waals surface area contributed by atoms with Gasteiger partial charge in [0.1, 0.15) is 0 Å². The molecule has 0 aromatic carbocycles. The molecule has 0 saturated carbocycles. The second-order valence-corrected chi connectivity index (χ2v) is 4.44. The summed E-state index contributed by atoms with van der Waals surface area (Å²) in [5, 5.41) is 8.21. The lowest BCUT2D eigenvalue weighted by atomic mass is 10.2. The zero-order valence-corrected chi connectivity index (χ0v) is 6.95. The van der Waals surface area contributed by atoms with E-state index in [-0.39, 0.29) is 6.42 Å².